The summed E-state index contributed by atoms with van der Waals surface area (Å²) in [5.41, 5.74) is 2.24. The molecule has 1 aromatic carbocycles. The van der Waals surface area contributed by atoms with E-state index in [1.165, 1.54) is 5.56 Å². The molecule has 1 saturated heterocycles. The van der Waals surface area contributed by atoms with Gasteiger partial charge in [-0.3, -0.25) is 0 Å². The Balaban J connectivity index is 2.31. The van der Waals surface area contributed by atoms with Gasteiger partial charge in [0.1, 0.15) is 0 Å². The van der Waals surface area contributed by atoms with E-state index in [0.717, 1.165) is 5.46 Å². The predicted molar refractivity (Wildman–Crippen MR) is 93.4 cm³/mol. The Morgan fingerprint density at radius 1 is 0.714 bits per heavy atom. The average molecular weight is 340 g/mol. The minimum Gasteiger partial charge on any atom is -0.430 e. The minimum atomic E-state index is -2.30. The Hall–Kier alpha value is -0.224. The van der Waals surface area contributed by atoms with Gasteiger partial charge in [-0.05, 0) is 51.7 Å². The normalized spacial score (nSPS) is 24.2. The Kier molecular flexibility index (Phi) is 4.70. The standard InChI is InChI=1S/C13H25BO4Si3/c1-12-8-10-13(11-9-12)14-15-19(2,3)17-21(6,7)18-20(4,5)16-14/h8-11H,1-7H3. The van der Waals surface area contributed by atoms with E-state index in [9.17, 15) is 0 Å². The van der Waals surface area contributed by atoms with E-state index in [1.54, 1.807) is 0 Å². The zero-order valence-electron chi connectivity index (χ0n) is 14.0. The number of aryl methyl sites for hydroxylation is 1. The molecule has 1 aliphatic heterocycles. The van der Waals surface area contributed by atoms with Crippen molar-refractivity contribution in [3.05, 3.63) is 29.8 Å². The molecule has 0 unspecified atom stereocenters. The van der Waals surface area contributed by atoms with Gasteiger partial charge in [0.15, 0.2) is 0 Å². The Morgan fingerprint density at radius 3 is 1.57 bits per heavy atom. The van der Waals surface area contributed by atoms with Crippen LogP contribution in [0.3, 0.4) is 0 Å². The molecular weight excluding hydrogens is 315 g/mol. The molecule has 116 valence electrons. The minimum absolute atomic E-state index is 0.404. The molecule has 0 aromatic heterocycles. The van der Waals surface area contributed by atoms with E-state index in [2.05, 4.69) is 70.5 Å². The number of rotatable bonds is 1. The predicted octanol–water partition coefficient (Wildman–Crippen LogP) is 2.88. The maximum Gasteiger partial charge on any atom is 0.475 e. The van der Waals surface area contributed by atoms with Crippen molar-refractivity contribution < 1.29 is 16.9 Å². The van der Waals surface area contributed by atoms with E-state index in [-0.39, 0.29) is 0 Å². The first-order valence-corrected chi connectivity index (χ1v) is 15.8. The maximum atomic E-state index is 6.27. The largest absolute Gasteiger partial charge is 0.475 e. The highest BCUT2D eigenvalue weighted by Gasteiger charge is 2.48. The van der Waals surface area contributed by atoms with Crippen molar-refractivity contribution in [1.82, 2.24) is 0 Å². The topological polar surface area (TPSA) is 36.9 Å². The average Bonchev–Trinajstić information content (AvgIpc) is 2.23. The van der Waals surface area contributed by atoms with Crippen LogP contribution in [0.15, 0.2) is 24.3 Å². The SMILES string of the molecule is Cc1ccc(B2O[Si](C)(C)O[Si](C)(C)O[Si](C)(C)O2)cc1. The molecule has 0 saturated carbocycles. The first-order chi connectivity index (χ1) is 9.48. The highest BCUT2D eigenvalue weighted by atomic mass is 28.5. The molecule has 1 aliphatic rings. The van der Waals surface area contributed by atoms with Crippen molar-refractivity contribution in [2.24, 2.45) is 0 Å². The molecule has 1 heterocycles. The zero-order chi connectivity index (χ0) is 15.9. The highest BCUT2D eigenvalue weighted by Crippen LogP contribution is 2.26. The molecule has 0 atom stereocenters. The van der Waals surface area contributed by atoms with Gasteiger partial charge in [0.2, 0.25) is 0 Å². The lowest BCUT2D eigenvalue weighted by Gasteiger charge is -2.43. The van der Waals surface area contributed by atoms with Gasteiger partial charge in [-0.1, -0.05) is 29.8 Å². The summed E-state index contributed by atoms with van der Waals surface area (Å²) in [5, 5.41) is 0. The number of benzene rings is 1. The molecule has 0 spiro atoms. The quantitative estimate of drug-likeness (QED) is 0.737. The lowest BCUT2D eigenvalue weighted by Crippen LogP contribution is -2.63. The van der Waals surface area contributed by atoms with Crippen molar-refractivity contribution in [2.75, 3.05) is 0 Å². The fraction of sp³-hybridized carbons (Fsp3) is 0.538. The summed E-state index contributed by atoms with van der Waals surface area (Å²) >= 11 is 0. The monoisotopic (exact) mass is 340 g/mol. The summed E-state index contributed by atoms with van der Waals surface area (Å²) < 4.78 is 25.1. The highest BCUT2D eigenvalue weighted by molar-refractivity contribution is 6.91. The van der Waals surface area contributed by atoms with Gasteiger partial charge in [-0.15, -0.1) is 0 Å². The van der Waals surface area contributed by atoms with Crippen molar-refractivity contribution in [3.8, 4) is 0 Å². The molecule has 0 N–H and O–H groups in total. The van der Waals surface area contributed by atoms with E-state index >= 15 is 0 Å². The molecule has 2 rings (SSSR count). The Morgan fingerprint density at radius 2 is 1.14 bits per heavy atom. The lowest BCUT2D eigenvalue weighted by atomic mass is 9.80. The van der Waals surface area contributed by atoms with Crippen LogP contribution < -0.4 is 5.46 Å². The lowest BCUT2D eigenvalue weighted by molar-refractivity contribution is 0.254. The second-order valence-electron chi connectivity index (χ2n) is 6.88. The molecule has 1 aromatic rings. The molecule has 21 heavy (non-hydrogen) atoms. The zero-order valence-corrected chi connectivity index (χ0v) is 17.0. The summed E-state index contributed by atoms with van der Waals surface area (Å²) in [7, 11) is -7.21. The van der Waals surface area contributed by atoms with Gasteiger partial charge < -0.3 is 16.9 Å². The third-order valence-corrected chi connectivity index (χ3v) is 12.5. The summed E-state index contributed by atoms with van der Waals surface area (Å²) in [6, 6.07) is 8.26. The first kappa shape index (κ1) is 17.1. The van der Waals surface area contributed by atoms with Crippen LogP contribution in [-0.4, -0.2) is 32.8 Å². The van der Waals surface area contributed by atoms with Crippen LogP contribution in [0.2, 0.25) is 39.3 Å². The van der Waals surface area contributed by atoms with E-state index in [4.69, 9.17) is 16.9 Å². The van der Waals surface area contributed by atoms with Crippen LogP contribution in [0, 0.1) is 6.92 Å². The third-order valence-electron chi connectivity index (χ3n) is 3.11. The number of hydrogen-bond donors (Lipinski definition) is 0. The molecule has 0 radical (unpaired) electrons. The fourth-order valence-corrected chi connectivity index (χ4v) is 14.5. The van der Waals surface area contributed by atoms with E-state index < -0.39 is 32.8 Å². The van der Waals surface area contributed by atoms with Gasteiger partial charge in [0.05, 0.1) is 0 Å². The van der Waals surface area contributed by atoms with Crippen LogP contribution in [0.4, 0.5) is 0 Å². The second-order valence-corrected chi connectivity index (χ2v) is 17.4. The van der Waals surface area contributed by atoms with Crippen LogP contribution in [0.25, 0.3) is 0 Å². The fourth-order valence-electron chi connectivity index (χ4n) is 2.65. The smallest absolute Gasteiger partial charge is 0.430 e. The molecule has 0 bridgehead atoms. The summed E-state index contributed by atoms with van der Waals surface area (Å²) in [6.07, 6.45) is 0. The van der Waals surface area contributed by atoms with E-state index in [1.807, 2.05) is 0 Å². The van der Waals surface area contributed by atoms with Gasteiger partial charge >= 0.3 is 32.8 Å². The van der Waals surface area contributed by atoms with Crippen LogP contribution >= 0.6 is 0 Å². The Labute approximate surface area is 131 Å². The molecule has 1 fully saturated rings. The van der Waals surface area contributed by atoms with Crippen LogP contribution in [-0.2, 0) is 16.9 Å². The molecule has 4 nitrogen and oxygen atoms in total. The van der Waals surface area contributed by atoms with Crippen molar-refractivity contribution in [2.45, 2.75) is 46.2 Å². The van der Waals surface area contributed by atoms with Crippen molar-refractivity contribution >= 4 is 38.3 Å². The van der Waals surface area contributed by atoms with E-state index in [0.29, 0.717) is 0 Å². The summed E-state index contributed by atoms with van der Waals surface area (Å²) in [6.45, 7) is 14.4. The summed E-state index contributed by atoms with van der Waals surface area (Å²) in [5.74, 6) is 0. The third kappa shape index (κ3) is 4.88. The summed E-state index contributed by atoms with van der Waals surface area (Å²) in [4.78, 5) is 0. The van der Waals surface area contributed by atoms with Gasteiger partial charge in [-0.25, -0.2) is 0 Å². The van der Waals surface area contributed by atoms with Gasteiger partial charge in [-0.2, -0.15) is 0 Å². The van der Waals surface area contributed by atoms with Gasteiger partial charge in [0.25, 0.3) is 0 Å². The van der Waals surface area contributed by atoms with Crippen molar-refractivity contribution in [1.29, 1.82) is 0 Å². The molecule has 8 heteroatoms. The molecule has 0 aliphatic carbocycles. The first-order valence-electron chi connectivity index (χ1n) is 7.31. The molecule has 0 amide bonds. The van der Waals surface area contributed by atoms with Gasteiger partial charge in [0, 0.05) is 0 Å². The van der Waals surface area contributed by atoms with Crippen LogP contribution in [0.5, 0.6) is 0 Å². The number of hydrogen-bond acceptors (Lipinski definition) is 4. The maximum absolute atomic E-state index is 6.27. The van der Waals surface area contributed by atoms with Crippen molar-refractivity contribution in [3.63, 3.8) is 0 Å². The second kappa shape index (κ2) is 5.76. The Bertz CT molecular complexity index is 483. The van der Waals surface area contributed by atoms with Crippen LogP contribution in [0.1, 0.15) is 5.56 Å². The molecular formula is C13H25BO4Si3.